The van der Waals surface area contributed by atoms with Crippen molar-refractivity contribution >= 4 is 28.4 Å². The molecular weight excluding hydrogens is 302 g/mol. The predicted molar refractivity (Wildman–Crippen MR) is 92.9 cm³/mol. The van der Waals surface area contributed by atoms with Crippen LogP contribution in [0.3, 0.4) is 0 Å². The summed E-state index contributed by atoms with van der Waals surface area (Å²) in [7, 11) is 0. The van der Waals surface area contributed by atoms with E-state index in [-0.39, 0.29) is 17.6 Å². The van der Waals surface area contributed by atoms with Crippen molar-refractivity contribution in [3.05, 3.63) is 48.0 Å². The lowest BCUT2D eigenvalue weighted by Gasteiger charge is -2.04. The number of nitrogens with one attached hydrogen (secondary N) is 2. The third kappa shape index (κ3) is 2.69. The number of aromatic nitrogens is 2. The highest BCUT2D eigenvalue weighted by Crippen LogP contribution is 2.32. The number of hydrogen-bond acceptors (Lipinski definition) is 3. The summed E-state index contributed by atoms with van der Waals surface area (Å²) in [6.07, 6.45) is 1.93. The van der Waals surface area contributed by atoms with Crippen molar-refractivity contribution in [3.63, 3.8) is 0 Å². The van der Waals surface area contributed by atoms with Crippen LogP contribution in [0.4, 0.5) is 5.82 Å². The second kappa shape index (κ2) is 5.60. The molecule has 3 aromatic rings. The molecule has 0 spiro atoms. The molecule has 0 bridgehead atoms. The lowest BCUT2D eigenvalue weighted by molar-refractivity contribution is -0.117. The third-order valence-electron chi connectivity index (χ3n) is 4.38. The van der Waals surface area contributed by atoms with Crippen molar-refractivity contribution in [1.29, 1.82) is 0 Å². The number of carbonyl (C=O) groups excluding carboxylic acids is 2. The lowest BCUT2D eigenvalue weighted by Crippen LogP contribution is -2.13. The Balaban J connectivity index is 1.63. The van der Waals surface area contributed by atoms with Crippen molar-refractivity contribution in [3.8, 4) is 11.1 Å². The molecule has 24 heavy (non-hydrogen) atoms. The summed E-state index contributed by atoms with van der Waals surface area (Å²) in [5.74, 6) is 0.838. The van der Waals surface area contributed by atoms with Gasteiger partial charge in [-0.05, 0) is 43.0 Å². The molecule has 1 amide bonds. The Kier molecular flexibility index (Phi) is 3.41. The maximum absolute atomic E-state index is 11.9. The smallest absolute Gasteiger partial charge is 0.228 e. The van der Waals surface area contributed by atoms with E-state index in [0.717, 1.165) is 34.9 Å². The number of fused-ring (bicyclic) bond motifs is 1. The fourth-order valence-electron chi connectivity index (χ4n) is 2.76. The summed E-state index contributed by atoms with van der Waals surface area (Å²) in [5, 5.41) is 11.0. The van der Waals surface area contributed by atoms with Gasteiger partial charge in [-0.1, -0.05) is 30.3 Å². The average molecular weight is 319 g/mol. The van der Waals surface area contributed by atoms with Crippen LogP contribution < -0.4 is 5.32 Å². The topological polar surface area (TPSA) is 74.8 Å². The van der Waals surface area contributed by atoms with E-state index in [2.05, 4.69) is 15.5 Å². The van der Waals surface area contributed by atoms with Crippen LogP contribution >= 0.6 is 0 Å². The van der Waals surface area contributed by atoms with Crippen LogP contribution in [0.15, 0.2) is 42.5 Å². The molecule has 120 valence electrons. The molecule has 2 N–H and O–H groups in total. The van der Waals surface area contributed by atoms with Gasteiger partial charge in [0.1, 0.15) is 0 Å². The molecule has 1 heterocycles. The van der Waals surface area contributed by atoms with E-state index >= 15 is 0 Å². The van der Waals surface area contributed by atoms with Gasteiger partial charge in [-0.2, -0.15) is 5.10 Å². The first-order valence-electron chi connectivity index (χ1n) is 8.02. The van der Waals surface area contributed by atoms with Crippen LogP contribution in [-0.4, -0.2) is 21.9 Å². The first-order chi connectivity index (χ1) is 11.6. The molecule has 0 radical (unpaired) electrons. The predicted octanol–water partition coefficient (Wildman–Crippen LogP) is 3.78. The molecule has 0 aliphatic heterocycles. The number of Topliss-reactive ketones (excluding diaryl/α,β-unsaturated/α-hetero) is 1. The molecule has 0 unspecified atom stereocenters. The fourth-order valence-corrected chi connectivity index (χ4v) is 2.76. The second-order valence-corrected chi connectivity index (χ2v) is 6.23. The maximum Gasteiger partial charge on any atom is 0.228 e. The molecule has 1 aliphatic carbocycles. The summed E-state index contributed by atoms with van der Waals surface area (Å²) >= 11 is 0. The molecule has 0 atom stereocenters. The van der Waals surface area contributed by atoms with Gasteiger partial charge in [0, 0.05) is 16.9 Å². The Morgan fingerprint density at radius 3 is 2.46 bits per heavy atom. The van der Waals surface area contributed by atoms with Crippen molar-refractivity contribution in [2.75, 3.05) is 5.32 Å². The van der Waals surface area contributed by atoms with E-state index in [0.29, 0.717) is 11.4 Å². The minimum Gasteiger partial charge on any atom is -0.308 e. The summed E-state index contributed by atoms with van der Waals surface area (Å²) in [5.41, 5.74) is 3.63. The SMILES string of the molecule is CC(=O)c1ccc(-c2ccc3c(NC(=O)C4CC4)n[nH]c3c2)cc1. The summed E-state index contributed by atoms with van der Waals surface area (Å²) in [6.45, 7) is 1.56. The molecular formula is C19H17N3O2. The number of nitrogens with zero attached hydrogens (tertiary/aromatic N) is 1. The van der Waals surface area contributed by atoms with Gasteiger partial charge < -0.3 is 5.32 Å². The minimum absolute atomic E-state index is 0.0484. The Bertz CT molecular complexity index is 937. The van der Waals surface area contributed by atoms with Gasteiger partial charge in [0.2, 0.25) is 5.91 Å². The highest BCUT2D eigenvalue weighted by molar-refractivity contribution is 6.02. The number of ketones is 1. The quantitative estimate of drug-likeness (QED) is 0.719. The molecule has 4 rings (SSSR count). The number of H-pyrrole nitrogens is 1. The number of amides is 1. The van der Waals surface area contributed by atoms with Crippen LogP contribution in [-0.2, 0) is 4.79 Å². The van der Waals surface area contributed by atoms with Crippen molar-refractivity contribution in [2.45, 2.75) is 19.8 Å². The number of benzene rings is 2. The first-order valence-corrected chi connectivity index (χ1v) is 8.02. The van der Waals surface area contributed by atoms with Crippen molar-refractivity contribution in [2.24, 2.45) is 5.92 Å². The Morgan fingerprint density at radius 1 is 1.08 bits per heavy atom. The molecule has 1 aromatic heterocycles. The molecule has 0 saturated heterocycles. The monoisotopic (exact) mass is 319 g/mol. The average Bonchev–Trinajstić information content (AvgIpc) is 3.37. The Morgan fingerprint density at radius 2 is 1.79 bits per heavy atom. The fraction of sp³-hybridized carbons (Fsp3) is 0.211. The molecule has 1 saturated carbocycles. The van der Waals surface area contributed by atoms with Crippen LogP contribution in [0, 0.1) is 5.92 Å². The van der Waals surface area contributed by atoms with Gasteiger partial charge >= 0.3 is 0 Å². The first kappa shape index (κ1) is 14.6. The largest absolute Gasteiger partial charge is 0.308 e. The van der Waals surface area contributed by atoms with Crippen LogP contribution in [0.2, 0.25) is 0 Å². The zero-order valence-corrected chi connectivity index (χ0v) is 13.3. The van der Waals surface area contributed by atoms with E-state index in [1.165, 1.54) is 0 Å². The zero-order chi connectivity index (χ0) is 16.7. The Hall–Kier alpha value is -2.95. The molecule has 1 aliphatic rings. The summed E-state index contributed by atoms with van der Waals surface area (Å²) in [4.78, 5) is 23.3. The lowest BCUT2D eigenvalue weighted by atomic mass is 10.0. The molecule has 2 aromatic carbocycles. The van der Waals surface area contributed by atoms with Gasteiger partial charge in [0.15, 0.2) is 11.6 Å². The normalized spacial score (nSPS) is 13.9. The van der Waals surface area contributed by atoms with Gasteiger partial charge in [-0.15, -0.1) is 0 Å². The third-order valence-corrected chi connectivity index (χ3v) is 4.38. The van der Waals surface area contributed by atoms with E-state index in [1.54, 1.807) is 6.92 Å². The van der Waals surface area contributed by atoms with Crippen LogP contribution in [0.25, 0.3) is 22.0 Å². The van der Waals surface area contributed by atoms with E-state index in [1.807, 2.05) is 42.5 Å². The van der Waals surface area contributed by atoms with Crippen molar-refractivity contribution < 1.29 is 9.59 Å². The number of hydrogen-bond donors (Lipinski definition) is 2. The van der Waals surface area contributed by atoms with E-state index < -0.39 is 0 Å². The number of aromatic amines is 1. The van der Waals surface area contributed by atoms with Gasteiger partial charge in [0.05, 0.1) is 5.52 Å². The minimum atomic E-state index is 0.0484. The Labute approximate surface area is 139 Å². The maximum atomic E-state index is 11.9. The highest BCUT2D eigenvalue weighted by Gasteiger charge is 2.30. The van der Waals surface area contributed by atoms with Gasteiger partial charge in [0.25, 0.3) is 0 Å². The second-order valence-electron chi connectivity index (χ2n) is 6.23. The molecule has 1 fully saturated rings. The molecule has 5 heteroatoms. The standard InChI is InChI=1S/C19H17N3O2/c1-11(23)12-2-4-13(5-3-12)15-8-9-16-17(10-15)21-22-18(16)20-19(24)14-6-7-14/h2-5,8-10,14H,6-7H2,1H3,(H2,20,21,22,24). The summed E-state index contributed by atoms with van der Waals surface area (Å²) < 4.78 is 0. The number of anilines is 1. The van der Waals surface area contributed by atoms with Crippen LogP contribution in [0.5, 0.6) is 0 Å². The van der Waals surface area contributed by atoms with Gasteiger partial charge in [-0.3, -0.25) is 14.7 Å². The van der Waals surface area contributed by atoms with Crippen LogP contribution in [0.1, 0.15) is 30.1 Å². The van der Waals surface area contributed by atoms with Gasteiger partial charge in [-0.25, -0.2) is 0 Å². The zero-order valence-electron chi connectivity index (χ0n) is 13.3. The van der Waals surface area contributed by atoms with E-state index in [4.69, 9.17) is 0 Å². The number of rotatable bonds is 4. The van der Waals surface area contributed by atoms with E-state index in [9.17, 15) is 9.59 Å². The summed E-state index contributed by atoms with van der Waals surface area (Å²) in [6, 6.07) is 13.5. The van der Waals surface area contributed by atoms with Crippen molar-refractivity contribution in [1.82, 2.24) is 10.2 Å². The highest BCUT2D eigenvalue weighted by atomic mass is 16.2. The number of carbonyl (C=O) groups is 2. The molecule has 5 nitrogen and oxygen atoms in total.